The van der Waals surface area contributed by atoms with Crippen molar-refractivity contribution in [2.75, 3.05) is 38.0 Å². The number of hydrogen-bond acceptors (Lipinski definition) is 9. The highest BCUT2D eigenvalue weighted by molar-refractivity contribution is 7.81. The molecule has 0 saturated heterocycles. The average molecular weight is 772 g/mol. The van der Waals surface area contributed by atoms with Crippen molar-refractivity contribution in [3.63, 3.8) is 0 Å². The molecule has 4 fully saturated rings. The fourth-order valence-corrected chi connectivity index (χ4v) is 22.1. The number of nitrogens with zero attached hydrogens (tertiary/aromatic N) is 7. The third kappa shape index (κ3) is 9.27. The highest BCUT2D eigenvalue weighted by atomic mass is 31.3. The van der Waals surface area contributed by atoms with Gasteiger partial charge in [0.05, 0.1) is 0 Å². The zero-order valence-electron chi connectivity index (χ0n) is 32.5. The van der Waals surface area contributed by atoms with Crippen LogP contribution in [0.25, 0.3) is 0 Å². The zero-order valence-corrected chi connectivity index (χ0v) is 35.2. The van der Waals surface area contributed by atoms with Crippen molar-refractivity contribution >= 4 is 33.9 Å². The van der Waals surface area contributed by atoms with Crippen LogP contribution in [0.2, 0.25) is 0 Å². The minimum atomic E-state index is -2.91. The van der Waals surface area contributed by atoms with Crippen molar-refractivity contribution in [3.05, 3.63) is 49.1 Å². The summed E-state index contributed by atoms with van der Waals surface area (Å²) in [5, 5.41) is 17.4. The van der Waals surface area contributed by atoms with Crippen LogP contribution in [-0.2, 0) is 0 Å². The molecular weight excluding hydrogens is 703 g/mol. The van der Waals surface area contributed by atoms with Crippen molar-refractivity contribution in [1.82, 2.24) is 20.3 Å². The number of aromatic nitrogens is 2. The summed E-state index contributed by atoms with van der Waals surface area (Å²) in [6.07, 6.45) is 34.0. The molecule has 4 N–H and O–H groups in total. The number of nitrogens with one attached hydrogen (secondary N) is 4. The minimum Gasteiger partial charge on any atom is -0.377 e. The summed E-state index contributed by atoms with van der Waals surface area (Å²) in [4.78, 5) is 4.36. The standard InChI is InChI=1S/C38H68N11P3/c1-46(2)37-25-29-48(30-26-37)52(49-31-27-38(28-32-49)47(3)4)44-50(39-33-17-9-5-10-18-33,40-34-19-11-6-12-20-34)43-51(45-52,41-35-21-13-7-14-22-35)42-36-23-15-8-16-24-36/h25-36,39-42H,5-24H2,1-4H3/q+2. The molecule has 1 aliphatic heterocycles. The first-order valence-corrected chi connectivity index (χ1v) is 25.7. The second-order valence-corrected chi connectivity index (χ2v) is 24.1. The van der Waals surface area contributed by atoms with E-state index in [2.05, 4.69) is 116 Å². The average Bonchev–Trinajstić information content (AvgIpc) is 3.16. The maximum atomic E-state index is 6.22. The van der Waals surface area contributed by atoms with Crippen molar-refractivity contribution in [2.24, 2.45) is 13.5 Å². The lowest BCUT2D eigenvalue weighted by molar-refractivity contribution is -0.633. The van der Waals surface area contributed by atoms with Crippen molar-refractivity contribution in [2.45, 2.75) is 153 Å². The van der Waals surface area contributed by atoms with Gasteiger partial charge in [0.25, 0.3) is 0 Å². The first-order valence-electron chi connectivity index (χ1n) is 20.7. The summed E-state index contributed by atoms with van der Waals surface area (Å²) in [5.41, 5.74) is 2.35. The van der Waals surface area contributed by atoms with E-state index in [0.717, 1.165) is 0 Å². The Bertz CT molecular complexity index is 1470. The van der Waals surface area contributed by atoms with Gasteiger partial charge in [-0.2, -0.15) is 4.52 Å². The van der Waals surface area contributed by atoms with Gasteiger partial charge in [0, 0.05) is 88.0 Å². The van der Waals surface area contributed by atoms with Gasteiger partial charge in [0.2, 0.25) is 15.0 Å². The number of pyridine rings is 2. The molecule has 2 aromatic rings. The predicted octanol–water partition coefficient (Wildman–Crippen LogP) is 9.33. The van der Waals surface area contributed by atoms with E-state index in [1.165, 1.54) is 140 Å². The van der Waals surface area contributed by atoms with E-state index in [1.807, 2.05) is 0 Å². The summed E-state index contributed by atoms with van der Waals surface area (Å²) in [6, 6.07) is 10.6. The van der Waals surface area contributed by atoms with Crippen LogP contribution in [0.15, 0.2) is 62.6 Å². The van der Waals surface area contributed by atoms with Gasteiger partial charge in [0.1, 0.15) is 0 Å². The van der Waals surface area contributed by atoms with Gasteiger partial charge < -0.3 is 9.80 Å². The van der Waals surface area contributed by atoms with Gasteiger partial charge >= 0.3 is 7.51 Å². The molecule has 14 heteroatoms. The zero-order chi connectivity index (χ0) is 36.0. The molecule has 0 radical (unpaired) electrons. The molecule has 0 spiro atoms. The van der Waals surface area contributed by atoms with Crippen LogP contribution < -0.4 is 38.8 Å². The normalized spacial score (nSPS) is 24.3. The van der Waals surface area contributed by atoms with Crippen LogP contribution >= 0.6 is 22.5 Å². The second kappa shape index (κ2) is 17.5. The number of rotatable bonds is 12. The van der Waals surface area contributed by atoms with Crippen LogP contribution in [0.1, 0.15) is 128 Å². The third-order valence-electron chi connectivity index (χ3n) is 11.9. The highest BCUT2D eigenvalue weighted by Crippen LogP contribution is 2.71. The van der Waals surface area contributed by atoms with Gasteiger partial charge in [-0.05, 0) is 51.4 Å². The highest BCUT2D eigenvalue weighted by Gasteiger charge is 2.53. The third-order valence-corrected chi connectivity index (χ3v) is 22.6. The van der Waals surface area contributed by atoms with E-state index >= 15 is 0 Å². The van der Waals surface area contributed by atoms with E-state index in [9.17, 15) is 0 Å². The summed E-state index contributed by atoms with van der Waals surface area (Å²) < 4.78 is 23.4. The first kappa shape index (κ1) is 38.7. The van der Waals surface area contributed by atoms with Crippen molar-refractivity contribution in [1.29, 1.82) is 0 Å². The van der Waals surface area contributed by atoms with E-state index in [4.69, 9.17) is 13.5 Å². The van der Waals surface area contributed by atoms with Gasteiger partial charge in [-0.25, -0.2) is 0 Å². The molecule has 4 aliphatic carbocycles. The molecule has 0 atom stereocenters. The maximum absolute atomic E-state index is 6.22. The summed E-state index contributed by atoms with van der Waals surface area (Å²) in [7, 11) is 0.0954. The Labute approximate surface area is 315 Å². The number of hydrogen-bond donors (Lipinski definition) is 4. The smallest absolute Gasteiger partial charge is 0.377 e. The Morgan fingerprint density at radius 1 is 0.442 bits per heavy atom. The molecule has 52 heavy (non-hydrogen) atoms. The van der Waals surface area contributed by atoms with Crippen molar-refractivity contribution in [3.8, 4) is 0 Å². The topological polar surface area (TPSA) is 99.4 Å². The van der Waals surface area contributed by atoms with Crippen molar-refractivity contribution < 1.29 is 8.68 Å². The molecular formula is C38H68N11P3+2. The van der Waals surface area contributed by atoms with Gasteiger partial charge in [-0.15, -0.1) is 8.68 Å². The Morgan fingerprint density at radius 2 is 0.731 bits per heavy atom. The van der Waals surface area contributed by atoms with E-state index in [1.54, 1.807) is 0 Å². The molecule has 288 valence electrons. The first-order chi connectivity index (χ1) is 25.3. The molecule has 7 rings (SSSR count). The SMILES string of the molecule is CN(C)c1cc[n+](P2([n+]3ccc(N(C)C)cc3)=NP(NC3CCCCC3)(NC3CCCCC3)=NP(NC3CCCCC3)(NC3CCCCC3)=N2)cc1. The summed E-state index contributed by atoms with van der Waals surface area (Å²) in [5.74, 6) is 0. The van der Waals surface area contributed by atoms with Gasteiger partial charge in [-0.3, -0.25) is 20.3 Å². The van der Waals surface area contributed by atoms with Gasteiger partial charge in [-0.1, -0.05) is 86.1 Å². The largest absolute Gasteiger partial charge is 0.606 e. The minimum absolute atomic E-state index is 0.402. The lowest BCUT2D eigenvalue weighted by atomic mass is 9.96. The molecule has 3 heterocycles. The van der Waals surface area contributed by atoms with Crippen LogP contribution in [0.5, 0.6) is 0 Å². The van der Waals surface area contributed by atoms with E-state index in [-0.39, 0.29) is 0 Å². The Morgan fingerprint density at radius 3 is 1.02 bits per heavy atom. The Kier molecular flexibility index (Phi) is 13.0. The summed E-state index contributed by atoms with van der Waals surface area (Å²) in [6.45, 7) is 0. The molecule has 0 amide bonds. The van der Waals surface area contributed by atoms with Gasteiger partial charge in [0.15, 0.2) is 24.8 Å². The monoisotopic (exact) mass is 771 g/mol. The second-order valence-electron chi connectivity index (χ2n) is 16.5. The number of anilines is 2. The lowest BCUT2D eigenvalue weighted by Gasteiger charge is -2.40. The van der Waals surface area contributed by atoms with Crippen LogP contribution in [0.3, 0.4) is 0 Å². The summed E-state index contributed by atoms with van der Waals surface area (Å²) >= 11 is 0. The quantitative estimate of drug-likeness (QED) is 0.161. The predicted molar refractivity (Wildman–Crippen MR) is 221 cm³/mol. The fraction of sp³-hybridized carbons (Fsp3) is 0.737. The molecule has 0 unspecified atom stereocenters. The van der Waals surface area contributed by atoms with Crippen LogP contribution in [-0.4, -0.2) is 52.4 Å². The fourth-order valence-electron chi connectivity index (χ4n) is 8.89. The lowest BCUT2D eigenvalue weighted by Crippen LogP contribution is -2.48. The van der Waals surface area contributed by atoms with E-state index < -0.39 is 22.5 Å². The molecule has 11 nitrogen and oxygen atoms in total. The van der Waals surface area contributed by atoms with Crippen LogP contribution in [0, 0.1) is 0 Å². The van der Waals surface area contributed by atoms with Crippen LogP contribution in [0.4, 0.5) is 11.4 Å². The molecule has 4 saturated carbocycles. The molecule has 0 bridgehead atoms. The molecule has 2 aromatic heterocycles. The maximum Gasteiger partial charge on any atom is 0.606 e. The van der Waals surface area contributed by atoms with E-state index in [0.29, 0.717) is 24.2 Å². The Hall–Kier alpha value is -1.57. The molecule has 0 aromatic carbocycles. The Balaban J connectivity index is 1.52. The molecule has 5 aliphatic rings.